The topological polar surface area (TPSA) is 61.4 Å². The Morgan fingerprint density at radius 3 is 2.29 bits per heavy atom. The Labute approximate surface area is 124 Å². The van der Waals surface area contributed by atoms with Crippen LogP contribution in [0.25, 0.3) is 0 Å². The lowest BCUT2D eigenvalue weighted by Crippen LogP contribution is -2.35. The number of hydrogen-bond acceptors (Lipinski definition) is 3. The van der Waals surface area contributed by atoms with Crippen LogP contribution in [0, 0.1) is 0 Å². The summed E-state index contributed by atoms with van der Waals surface area (Å²) in [5.41, 5.74) is 2.08. The number of carbonyl (C=O) groups excluding carboxylic acids is 1. The molecule has 0 heterocycles. The molecule has 0 aromatic heterocycles. The number of rotatable bonds is 6. The van der Waals surface area contributed by atoms with Crippen LogP contribution in [0.5, 0.6) is 5.75 Å². The van der Waals surface area contributed by atoms with Crippen LogP contribution in [0.15, 0.2) is 54.6 Å². The van der Waals surface area contributed by atoms with E-state index in [-0.39, 0.29) is 24.2 Å². The van der Waals surface area contributed by atoms with Gasteiger partial charge in [0.15, 0.2) is 0 Å². The van der Waals surface area contributed by atoms with Crippen molar-refractivity contribution in [1.82, 2.24) is 10.6 Å². The summed E-state index contributed by atoms with van der Waals surface area (Å²) in [4.78, 5) is 11.7. The van der Waals surface area contributed by atoms with E-state index in [9.17, 15) is 9.90 Å². The van der Waals surface area contributed by atoms with Gasteiger partial charge in [-0.1, -0.05) is 42.5 Å². The summed E-state index contributed by atoms with van der Waals surface area (Å²) in [7, 11) is 0. The molecular weight excluding hydrogens is 264 g/mol. The Kier molecular flexibility index (Phi) is 5.35. The number of phenolic OH excluding ortho intramolecular Hbond substituents is 1. The molecule has 0 aliphatic heterocycles. The maximum Gasteiger partial charge on any atom is 0.233 e. The third-order valence-electron chi connectivity index (χ3n) is 3.20. The van der Waals surface area contributed by atoms with Crippen LogP contribution in [-0.2, 0) is 4.79 Å². The van der Waals surface area contributed by atoms with Gasteiger partial charge in [0, 0.05) is 6.54 Å². The monoisotopic (exact) mass is 284 g/mol. The first-order valence-corrected chi connectivity index (χ1v) is 7.04. The summed E-state index contributed by atoms with van der Waals surface area (Å²) in [6, 6.07) is 16.9. The van der Waals surface area contributed by atoms with Crippen LogP contribution in [0.2, 0.25) is 0 Å². The zero-order valence-electron chi connectivity index (χ0n) is 12.0. The van der Waals surface area contributed by atoms with E-state index >= 15 is 0 Å². The fraction of sp³-hybridized carbons (Fsp3) is 0.235. The highest BCUT2D eigenvalue weighted by Crippen LogP contribution is 2.23. The lowest BCUT2D eigenvalue weighted by molar-refractivity contribution is -0.120. The van der Waals surface area contributed by atoms with E-state index in [4.69, 9.17) is 0 Å². The predicted octanol–water partition coefficient (Wildman–Crippen LogP) is 2.21. The van der Waals surface area contributed by atoms with Crippen LogP contribution >= 0.6 is 0 Å². The first kappa shape index (κ1) is 15.1. The number of phenols is 1. The highest BCUT2D eigenvalue weighted by atomic mass is 16.3. The Morgan fingerprint density at radius 2 is 1.67 bits per heavy atom. The third-order valence-corrected chi connectivity index (χ3v) is 3.20. The second-order valence-corrected chi connectivity index (χ2v) is 4.77. The van der Waals surface area contributed by atoms with Crippen LogP contribution < -0.4 is 10.6 Å². The van der Waals surface area contributed by atoms with Gasteiger partial charge in [-0.15, -0.1) is 0 Å². The number of nitrogens with one attached hydrogen (secondary N) is 2. The average molecular weight is 284 g/mol. The molecular formula is C17H20N2O2. The molecule has 0 radical (unpaired) electrons. The van der Waals surface area contributed by atoms with Crippen LogP contribution in [0.4, 0.5) is 0 Å². The van der Waals surface area contributed by atoms with E-state index in [1.165, 1.54) is 0 Å². The van der Waals surface area contributed by atoms with Gasteiger partial charge < -0.3 is 10.4 Å². The molecule has 110 valence electrons. The molecule has 1 atom stereocenters. The van der Waals surface area contributed by atoms with Crippen LogP contribution in [0.1, 0.15) is 24.1 Å². The summed E-state index contributed by atoms with van der Waals surface area (Å²) in [5.74, 6) is 0.200. The summed E-state index contributed by atoms with van der Waals surface area (Å²) < 4.78 is 0. The van der Waals surface area contributed by atoms with Gasteiger partial charge in [0.1, 0.15) is 5.75 Å². The maximum absolute atomic E-state index is 11.7. The van der Waals surface area contributed by atoms with Gasteiger partial charge in [-0.2, -0.15) is 0 Å². The van der Waals surface area contributed by atoms with Gasteiger partial charge in [0.25, 0.3) is 0 Å². The molecule has 2 rings (SSSR count). The van der Waals surface area contributed by atoms with Gasteiger partial charge in [0.05, 0.1) is 12.6 Å². The molecule has 4 heteroatoms. The minimum atomic E-state index is -0.0885. The van der Waals surface area contributed by atoms with E-state index in [1.54, 1.807) is 12.1 Å². The van der Waals surface area contributed by atoms with Crippen molar-refractivity contribution in [3.05, 3.63) is 65.7 Å². The first-order chi connectivity index (χ1) is 10.2. The van der Waals surface area contributed by atoms with E-state index in [0.717, 1.165) is 11.1 Å². The number of aromatic hydroxyl groups is 1. The Bertz CT molecular complexity index is 567. The fourth-order valence-corrected chi connectivity index (χ4v) is 2.19. The molecule has 0 aliphatic carbocycles. The van der Waals surface area contributed by atoms with Crippen molar-refractivity contribution in [1.29, 1.82) is 0 Å². The van der Waals surface area contributed by atoms with E-state index < -0.39 is 0 Å². The minimum absolute atomic E-state index is 0.0304. The molecule has 1 unspecified atom stereocenters. The Balaban J connectivity index is 2.18. The summed E-state index contributed by atoms with van der Waals surface area (Å²) in [5, 5.41) is 15.4. The summed E-state index contributed by atoms with van der Waals surface area (Å²) in [6.07, 6.45) is 0. The lowest BCUT2D eigenvalue weighted by atomic mass is 9.98. The van der Waals surface area contributed by atoms with Crippen molar-refractivity contribution in [2.45, 2.75) is 13.0 Å². The summed E-state index contributed by atoms with van der Waals surface area (Å²) in [6.45, 7) is 2.76. The van der Waals surface area contributed by atoms with Crippen molar-refractivity contribution in [3.63, 3.8) is 0 Å². The molecule has 1 amide bonds. The van der Waals surface area contributed by atoms with Crippen molar-refractivity contribution >= 4 is 5.91 Å². The first-order valence-electron chi connectivity index (χ1n) is 7.04. The number of amides is 1. The van der Waals surface area contributed by atoms with Crippen molar-refractivity contribution in [2.75, 3.05) is 13.1 Å². The van der Waals surface area contributed by atoms with Crippen LogP contribution in [-0.4, -0.2) is 24.1 Å². The predicted molar refractivity (Wildman–Crippen MR) is 83.1 cm³/mol. The molecule has 4 nitrogen and oxygen atoms in total. The standard InChI is InChI=1S/C17H20N2O2/c1-2-18-16(21)12-19-17(13-6-4-3-5-7-13)14-8-10-15(20)11-9-14/h3-11,17,19-20H,2,12H2,1H3,(H,18,21). The van der Waals surface area contributed by atoms with Crippen molar-refractivity contribution in [2.24, 2.45) is 0 Å². The Hall–Kier alpha value is -2.33. The number of hydrogen-bond donors (Lipinski definition) is 3. The average Bonchev–Trinajstić information content (AvgIpc) is 2.50. The molecule has 0 saturated heterocycles. The molecule has 0 spiro atoms. The largest absolute Gasteiger partial charge is 0.508 e. The molecule has 21 heavy (non-hydrogen) atoms. The molecule has 3 N–H and O–H groups in total. The highest BCUT2D eigenvalue weighted by molar-refractivity contribution is 5.78. The van der Waals surface area contributed by atoms with E-state index in [0.29, 0.717) is 6.54 Å². The van der Waals surface area contributed by atoms with E-state index in [2.05, 4.69) is 10.6 Å². The van der Waals surface area contributed by atoms with Gasteiger partial charge >= 0.3 is 0 Å². The third kappa shape index (κ3) is 4.33. The lowest BCUT2D eigenvalue weighted by Gasteiger charge is -2.19. The van der Waals surface area contributed by atoms with Gasteiger partial charge in [-0.25, -0.2) is 0 Å². The molecule has 0 fully saturated rings. The second kappa shape index (κ2) is 7.45. The molecule has 2 aromatic rings. The maximum atomic E-state index is 11.7. The van der Waals surface area contributed by atoms with Gasteiger partial charge in [-0.05, 0) is 30.2 Å². The number of carbonyl (C=O) groups is 1. The molecule has 0 aliphatic rings. The zero-order chi connectivity index (χ0) is 15.1. The fourth-order valence-electron chi connectivity index (χ4n) is 2.19. The zero-order valence-corrected chi connectivity index (χ0v) is 12.0. The quantitative estimate of drug-likeness (QED) is 0.762. The normalized spacial score (nSPS) is 11.9. The number of benzene rings is 2. The van der Waals surface area contributed by atoms with Crippen molar-refractivity contribution < 1.29 is 9.90 Å². The Morgan fingerprint density at radius 1 is 1.05 bits per heavy atom. The molecule has 2 aromatic carbocycles. The van der Waals surface area contributed by atoms with Gasteiger partial charge in [0.2, 0.25) is 5.91 Å². The van der Waals surface area contributed by atoms with Crippen LogP contribution in [0.3, 0.4) is 0 Å². The van der Waals surface area contributed by atoms with E-state index in [1.807, 2.05) is 49.4 Å². The summed E-state index contributed by atoms with van der Waals surface area (Å²) >= 11 is 0. The SMILES string of the molecule is CCNC(=O)CNC(c1ccccc1)c1ccc(O)cc1. The highest BCUT2D eigenvalue weighted by Gasteiger charge is 2.14. The smallest absolute Gasteiger partial charge is 0.233 e. The second-order valence-electron chi connectivity index (χ2n) is 4.77. The van der Waals surface area contributed by atoms with Gasteiger partial charge in [-0.3, -0.25) is 10.1 Å². The minimum Gasteiger partial charge on any atom is -0.508 e. The van der Waals surface area contributed by atoms with Crippen molar-refractivity contribution in [3.8, 4) is 5.75 Å². The molecule has 0 saturated carbocycles. The number of likely N-dealkylation sites (N-methyl/N-ethyl adjacent to an activating group) is 1. The molecule has 0 bridgehead atoms.